The molecule has 0 spiro atoms. The number of halogens is 1. The Morgan fingerprint density at radius 2 is 1.91 bits per heavy atom. The van der Waals surface area contributed by atoms with E-state index in [1.165, 1.54) is 0 Å². The number of fused-ring (bicyclic) bond motifs is 1. The van der Waals surface area contributed by atoms with E-state index in [0.717, 1.165) is 29.7 Å². The van der Waals surface area contributed by atoms with E-state index < -0.39 is 0 Å². The monoisotopic (exact) mass is 464 g/mol. The molecular weight excluding hydrogens is 440 g/mol. The summed E-state index contributed by atoms with van der Waals surface area (Å²) in [6, 6.07) is 13.1. The maximum Gasteiger partial charge on any atom is 0.255 e. The number of hydrogen-bond acceptors (Lipinski definition) is 5. The van der Waals surface area contributed by atoms with Crippen LogP contribution in [0.25, 0.3) is 11.4 Å². The minimum atomic E-state index is -0.0485. The van der Waals surface area contributed by atoms with Crippen molar-refractivity contribution in [3.05, 3.63) is 64.5 Å². The Balaban J connectivity index is 1.28. The van der Waals surface area contributed by atoms with E-state index in [-0.39, 0.29) is 23.8 Å². The Morgan fingerprint density at radius 1 is 1.15 bits per heavy atom. The summed E-state index contributed by atoms with van der Waals surface area (Å²) in [6.45, 7) is 5.23. The fraction of sp³-hybridized carbons (Fsp3) is 0.360. The first-order valence-corrected chi connectivity index (χ1v) is 11.6. The third kappa shape index (κ3) is 4.02. The molecule has 8 heteroatoms. The van der Waals surface area contributed by atoms with Crippen molar-refractivity contribution in [1.82, 2.24) is 15.0 Å². The lowest BCUT2D eigenvalue weighted by molar-refractivity contribution is -0.117. The molecule has 1 saturated heterocycles. The Hall–Kier alpha value is -3.19. The quantitative estimate of drug-likeness (QED) is 0.558. The summed E-state index contributed by atoms with van der Waals surface area (Å²) in [5.74, 6) is 1.28. The molecule has 0 unspecified atom stereocenters. The van der Waals surface area contributed by atoms with Crippen molar-refractivity contribution in [3.8, 4) is 11.4 Å². The maximum absolute atomic E-state index is 12.8. The molecule has 0 radical (unpaired) electrons. The lowest BCUT2D eigenvalue weighted by atomic mass is 9.96. The lowest BCUT2D eigenvalue weighted by Gasteiger charge is -2.30. The van der Waals surface area contributed by atoms with Gasteiger partial charge >= 0.3 is 0 Å². The average molecular weight is 465 g/mol. The number of carbonyl (C=O) groups is 2. The second-order valence-corrected chi connectivity index (χ2v) is 9.29. The summed E-state index contributed by atoms with van der Waals surface area (Å²) >= 11 is 6.19. The standard InChI is InChI=1S/C25H25ClN4O3/c1-15(2)30-21-13-18(8-7-17(21)14-22(30)31)23-27-24(33-28-23)16-9-11-29(12-10-16)25(32)19-5-3-4-6-20(19)26/h3-8,13,15-16H,9-12,14H2,1-2H3. The number of amides is 2. The van der Waals surface area contributed by atoms with Crippen molar-refractivity contribution < 1.29 is 14.1 Å². The highest BCUT2D eigenvalue weighted by Gasteiger charge is 2.31. The van der Waals surface area contributed by atoms with Crippen molar-refractivity contribution in [1.29, 1.82) is 0 Å². The largest absolute Gasteiger partial charge is 0.339 e. The molecule has 33 heavy (non-hydrogen) atoms. The molecule has 0 aliphatic carbocycles. The number of hydrogen-bond donors (Lipinski definition) is 0. The van der Waals surface area contributed by atoms with E-state index in [1.54, 1.807) is 12.1 Å². The van der Waals surface area contributed by atoms with Crippen LogP contribution in [-0.2, 0) is 11.2 Å². The van der Waals surface area contributed by atoms with Gasteiger partial charge in [-0.25, -0.2) is 0 Å². The van der Waals surface area contributed by atoms with Gasteiger partial charge in [0.15, 0.2) is 0 Å². The summed E-state index contributed by atoms with van der Waals surface area (Å²) < 4.78 is 5.61. The highest BCUT2D eigenvalue weighted by atomic mass is 35.5. The normalized spacial score (nSPS) is 16.5. The molecule has 7 nitrogen and oxygen atoms in total. The van der Waals surface area contributed by atoms with Crippen molar-refractivity contribution >= 4 is 29.1 Å². The summed E-state index contributed by atoms with van der Waals surface area (Å²) in [6.07, 6.45) is 1.92. The van der Waals surface area contributed by atoms with E-state index in [2.05, 4.69) is 10.1 Å². The highest BCUT2D eigenvalue weighted by molar-refractivity contribution is 6.33. The second kappa shape index (κ2) is 8.63. The smallest absolute Gasteiger partial charge is 0.255 e. The predicted octanol–water partition coefficient (Wildman–Crippen LogP) is 4.71. The van der Waals surface area contributed by atoms with Gasteiger partial charge in [-0.05, 0) is 50.5 Å². The van der Waals surface area contributed by atoms with Gasteiger partial charge in [0.2, 0.25) is 17.6 Å². The number of likely N-dealkylation sites (tertiary alicyclic amines) is 1. The Labute approximate surface area is 197 Å². The number of benzene rings is 2. The van der Waals surface area contributed by atoms with E-state index in [9.17, 15) is 9.59 Å². The van der Waals surface area contributed by atoms with Gasteiger partial charge in [0.1, 0.15) is 0 Å². The molecule has 2 aliphatic heterocycles. The zero-order chi connectivity index (χ0) is 23.1. The molecule has 0 bridgehead atoms. The van der Waals surface area contributed by atoms with Crippen LogP contribution in [0.15, 0.2) is 47.0 Å². The first kappa shape index (κ1) is 21.6. The maximum atomic E-state index is 12.8. The minimum absolute atomic E-state index is 0.0485. The molecule has 0 atom stereocenters. The SMILES string of the molecule is CC(C)N1C(=O)Cc2ccc(-c3noc(C4CCN(C(=O)c5ccccc5Cl)CC4)n3)cc21. The summed E-state index contributed by atoms with van der Waals surface area (Å²) in [5.41, 5.74) is 3.31. The number of rotatable bonds is 4. The molecule has 2 aromatic carbocycles. The fourth-order valence-electron chi connectivity index (χ4n) is 4.68. The van der Waals surface area contributed by atoms with Crippen LogP contribution in [0.3, 0.4) is 0 Å². The van der Waals surface area contributed by atoms with Crippen molar-refractivity contribution in [2.24, 2.45) is 0 Å². The Bertz CT molecular complexity index is 1210. The van der Waals surface area contributed by atoms with E-state index in [4.69, 9.17) is 16.1 Å². The first-order chi connectivity index (χ1) is 15.9. The number of aromatic nitrogens is 2. The molecule has 1 fully saturated rings. The summed E-state index contributed by atoms with van der Waals surface area (Å²) in [7, 11) is 0. The summed E-state index contributed by atoms with van der Waals surface area (Å²) in [4.78, 5) is 33.5. The van der Waals surface area contributed by atoms with Crippen molar-refractivity contribution in [2.75, 3.05) is 18.0 Å². The van der Waals surface area contributed by atoms with Crippen LogP contribution < -0.4 is 4.90 Å². The molecule has 2 amide bonds. The second-order valence-electron chi connectivity index (χ2n) is 8.88. The fourth-order valence-corrected chi connectivity index (χ4v) is 4.89. The molecule has 1 aromatic heterocycles. The van der Waals surface area contributed by atoms with Crippen LogP contribution in [0.1, 0.15) is 54.4 Å². The molecule has 0 saturated carbocycles. The van der Waals surface area contributed by atoms with Gasteiger partial charge in [0, 0.05) is 36.3 Å². The lowest BCUT2D eigenvalue weighted by Crippen LogP contribution is -2.38. The van der Waals surface area contributed by atoms with Gasteiger partial charge in [0.05, 0.1) is 17.0 Å². The molecule has 3 heterocycles. The minimum Gasteiger partial charge on any atom is -0.339 e. The third-order valence-electron chi connectivity index (χ3n) is 6.41. The number of anilines is 1. The number of nitrogens with zero attached hydrogens (tertiary/aromatic N) is 4. The predicted molar refractivity (Wildman–Crippen MR) is 125 cm³/mol. The molecule has 2 aliphatic rings. The Kier molecular flexibility index (Phi) is 5.66. The summed E-state index contributed by atoms with van der Waals surface area (Å²) in [5, 5.41) is 4.67. The first-order valence-electron chi connectivity index (χ1n) is 11.2. The molecule has 0 N–H and O–H groups in total. The van der Waals surface area contributed by atoms with Crippen LogP contribution in [-0.4, -0.2) is 46.0 Å². The van der Waals surface area contributed by atoms with E-state index in [0.29, 0.717) is 41.8 Å². The van der Waals surface area contributed by atoms with E-state index in [1.807, 2.05) is 54.0 Å². The van der Waals surface area contributed by atoms with Gasteiger partial charge in [-0.3, -0.25) is 9.59 Å². The van der Waals surface area contributed by atoms with Gasteiger partial charge in [-0.2, -0.15) is 4.98 Å². The van der Waals surface area contributed by atoms with E-state index >= 15 is 0 Å². The molecular formula is C25H25ClN4O3. The molecule has 5 rings (SSSR count). The van der Waals surface area contributed by atoms with Crippen molar-refractivity contribution in [2.45, 2.75) is 45.1 Å². The zero-order valence-corrected chi connectivity index (χ0v) is 19.4. The average Bonchev–Trinajstić information content (AvgIpc) is 3.42. The zero-order valence-electron chi connectivity index (χ0n) is 18.6. The Morgan fingerprint density at radius 3 is 2.64 bits per heavy atom. The van der Waals surface area contributed by atoms with Crippen LogP contribution in [0.4, 0.5) is 5.69 Å². The van der Waals surface area contributed by atoms with Gasteiger partial charge in [0.25, 0.3) is 5.91 Å². The third-order valence-corrected chi connectivity index (χ3v) is 6.74. The van der Waals surface area contributed by atoms with Gasteiger partial charge in [-0.1, -0.05) is 41.0 Å². The topological polar surface area (TPSA) is 79.5 Å². The van der Waals surface area contributed by atoms with Crippen LogP contribution in [0.5, 0.6) is 0 Å². The van der Waals surface area contributed by atoms with Gasteiger partial charge in [-0.15, -0.1) is 0 Å². The molecule has 170 valence electrons. The highest BCUT2D eigenvalue weighted by Crippen LogP contribution is 2.35. The van der Waals surface area contributed by atoms with Crippen LogP contribution in [0, 0.1) is 0 Å². The molecule has 3 aromatic rings. The van der Waals surface area contributed by atoms with Gasteiger partial charge < -0.3 is 14.3 Å². The van der Waals surface area contributed by atoms with Crippen LogP contribution in [0.2, 0.25) is 5.02 Å². The number of carbonyl (C=O) groups excluding carboxylic acids is 2. The van der Waals surface area contributed by atoms with Crippen LogP contribution >= 0.6 is 11.6 Å². The van der Waals surface area contributed by atoms with Crippen molar-refractivity contribution in [3.63, 3.8) is 0 Å². The number of piperidine rings is 1.